The molecule has 0 saturated carbocycles. The molecule has 3 nitrogen and oxygen atoms in total. The molecule has 2 N–H and O–H groups in total. The second-order valence-corrected chi connectivity index (χ2v) is 5.60. The zero-order chi connectivity index (χ0) is 15.4. The Labute approximate surface area is 128 Å². The minimum Gasteiger partial charge on any atom is -0.479 e. The van der Waals surface area contributed by atoms with Crippen molar-refractivity contribution in [2.24, 2.45) is 5.92 Å². The topological polar surface area (TPSA) is 57.5 Å². The summed E-state index contributed by atoms with van der Waals surface area (Å²) in [6, 6.07) is 15.5. The third-order valence-electron chi connectivity index (χ3n) is 3.48. The van der Waals surface area contributed by atoms with Crippen molar-refractivity contribution in [2.45, 2.75) is 19.4 Å². The molecule has 0 aliphatic carbocycles. The van der Waals surface area contributed by atoms with Gasteiger partial charge in [-0.15, -0.1) is 0 Å². The van der Waals surface area contributed by atoms with Gasteiger partial charge in [0.25, 0.3) is 0 Å². The number of aliphatic carboxylic acids is 1. The number of hydrogen-bond donors (Lipinski definition) is 2. The van der Waals surface area contributed by atoms with Crippen LogP contribution in [0, 0.1) is 5.92 Å². The van der Waals surface area contributed by atoms with Crippen molar-refractivity contribution in [3.8, 4) is 11.1 Å². The molecule has 0 saturated heterocycles. The summed E-state index contributed by atoms with van der Waals surface area (Å²) < 4.78 is 0. The summed E-state index contributed by atoms with van der Waals surface area (Å²) in [6.45, 7) is 1.73. The lowest BCUT2D eigenvalue weighted by molar-refractivity contribution is -0.149. The SMILES string of the molecule is CC(Cc1ccc(-c2ccc(Cl)cc2)cc1)C(O)C(=O)O. The van der Waals surface area contributed by atoms with Crippen molar-refractivity contribution in [3.63, 3.8) is 0 Å². The fraction of sp³-hybridized carbons (Fsp3) is 0.235. The van der Waals surface area contributed by atoms with Crippen molar-refractivity contribution >= 4 is 17.6 Å². The Hall–Kier alpha value is -1.84. The van der Waals surface area contributed by atoms with E-state index in [1.54, 1.807) is 6.92 Å². The van der Waals surface area contributed by atoms with Gasteiger partial charge < -0.3 is 10.2 Å². The largest absolute Gasteiger partial charge is 0.479 e. The van der Waals surface area contributed by atoms with E-state index < -0.39 is 12.1 Å². The fourth-order valence-corrected chi connectivity index (χ4v) is 2.33. The first-order valence-electron chi connectivity index (χ1n) is 6.73. The Morgan fingerprint density at radius 3 is 2.00 bits per heavy atom. The Kier molecular flexibility index (Phi) is 4.99. The molecule has 2 aromatic rings. The van der Waals surface area contributed by atoms with Crippen molar-refractivity contribution in [1.29, 1.82) is 0 Å². The van der Waals surface area contributed by atoms with E-state index >= 15 is 0 Å². The van der Waals surface area contributed by atoms with Crippen LogP contribution in [0.4, 0.5) is 0 Å². The maximum Gasteiger partial charge on any atom is 0.332 e. The molecule has 0 spiro atoms. The minimum atomic E-state index is -1.33. The fourth-order valence-electron chi connectivity index (χ4n) is 2.20. The van der Waals surface area contributed by atoms with Crippen LogP contribution >= 0.6 is 11.6 Å². The molecule has 0 aliphatic heterocycles. The monoisotopic (exact) mass is 304 g/mol. The summed E-state index contributed by atoms with van der Waals surface area (Å²) in [5.41, 5.74) is 3.15. The lowest BCUT2D eigenvalue weighted by atomic mass is 9.94. The van der Waals surface area contributed by atoms with Crippen molar-refractivity contribution in [1.82, 2.24) is 0 Å². The Bertz CT molecular complexity index is 605. The second-order valence-electron chi connectivity index (χ2n) is 5.17. The summed E-state index contributed by atoms with van der Waals surface area (Å²) in [5.74, 6) is -1.51. The van der Waals surface area contributed by atoms with Gasteiger partial charge >= 0.3 is 5.97 Å². The molecule has 2 atom stereocenters. The van der Waals surface area contributed by atoms with E-state index in [4.69, 9.17) is 16.7 Å². The molecule has 0 aliphatic rings. The van der Waals surface area contributed by atoms with Crippen LogP contribution in [0.5, 0.6) is 0 Å². The van der Waals surface area contributed by atoms with E-state index in [0.717, 1.165) is 16.7 Å². The summed E-state index contributed by atoms with van der Waals surface area (Å²) in [7, 11) is 0. The van der Waals surface area contributed by atoms with E-state index in [1.165, 1.54) is 0 Å². The molecule has 0 bridgehead atoms. The standard InChI is InChI=1S/C17H17ClO3/c1-11(16(19)17(20)21)10-12-2-4-13(5-3-12)14-6-8-15(18)9-7-14/h2-9,11,16,19H,10H2,1H3,(H,20,21). The molecule has 0 heterocycles. The Morgan fingerprint density at radius 2 is 1.52 bits per heavy atom. The zero-order valence-corrected chi connectivity index (χ0v) is 12.4. The van der Waals surface area contributed by atoms with Crippen molar-refractivity contribution in [2.75, 3.05) is 0 Å². The first kappa shape index (κ1) is 15.5. The summed E-state index contributed by atoms with van der Waals surface area (Å²) in [5, 5.41) is 19.0. The third kappa shape index (κ3) is 4.06. The molecule has 0 aromatic heterocycles. The molecule has 0 amide bonds. The Morgan fingerprint density at radius 1 is 1.05 bits per heavy atom. The molecular weight excluding hydrogens is 288 g/mol. The lowest BCUT2D eigenvalue weighted by Gasteiger charge is -2.15. The van der Waals surface area contributed by atoms with Crippen molar-refractivity contribution in [3.05, 3.63) is 59.1 Å². The van der Waals surface area contributed by atoms with Crippen LogP contribution in [0.25, 0.3) is 11.1 Å². The normalized spacial score (nSPS) is 13.7. The Balaban J connectivity index is 2.08. The number of aliphatic hydroxyl groups excluding tert-OH is 1. The molecule has 0 fully saturated rings. The average Bonchev–Trinajstić information content (AvgIpc) is 2.48. The third-order valence-corrected chi connectivity index (χ3v) is 3.73. The van der Waals surface area contributed by atoms with Gasteiger partial charge in [-0.3, -0.25) is 0 Å². The number of carboxylic acids is 1. The average molecular weight is 305 g/mol. The van der Waals surface area contributed by atoms with E-state index in [-0.39, 0.29) is 5.92 Å². The van der Waals surface area contributed by atoms with E-state index in [0.29, 0.717) is 11.4 Å². The van der Waals surface area contributed by atoms with E-state index in [9.17, 15) is 9.90 Å². The zero-order valence-electron chi connectivity index (χ0n) is 11.7. The number of hydrogen-bond acceptors (Lipinski definition) is 2. The second kappa shape index (κ2) is 6.74. The molecule has 2 rings (SSSR count). The van der Waals surface area contributed by atoms with Crippen LogP contribution < -0.4 is 0 Å². The lowest BCUT2D eigenvalue weighted by Crippen LogP contribution is -2.28. The summed E-state index contributed by atoms with van der Waals surface area (Å²) in [6.07, 6.45) is -0.810. The highest BCUT2D eigenvalue weighted by molar-refractivity contribution is 6.30. The first-order chi connectivity index (χ1) is 9.97. The van der Waals surface area contributed by atoms with Crippen LogP contribution in [0.3, 0.4) is 0 Å². The van der Waals surface area contributed by atoms with Gasteiger partial charge in [-0.2, -0.15) is 0 Å². The highest BCUT2D eigenvalue weighted by Crippen LogP contribution is 2.23. The van der Waals surface area contributed by atoms with Crippen LogP contribution in [0.15, 0.2) is 48.5 Å². The van der Waals surface area contributed by atoms with Crippen LogP contribution in [-0.2, 0) is 11.2 Å². The molecular formula is C17H17ClO3. The number of carboxylic acid groups (broad SMARTS) is 1. The number of carbonyl (C=O) groups is 1. The maximum absolute atomic E-state index is 10.7. The minimum absolute atomic E-state index is 0.330. The van der Waals surface area contributed by atoms with Crippen molar-refractivity contribution < 1.29 is 15.0 Å². The van der Waals surface area contributed by atoms with Gasteiger partial charge in [-0.05, 0) is 41.2 Å². The molecule has 2 aromatic carbocycles. The predicted molar refractivity (Wildman–Crippen MR) is 83.4 cm³/mol. The van der Waals surface area contributed by atoms with Gasteiger partial charge in [-0.25, -0.2) is 4.79 Å². The summed E-state index contributed by atoms with van der Waals surface area (Å²) in [4.78, 5) is 10.7. The number of halogens is 1. The summed E-state index contributed by atoms with van der Waals surface area (Å²) >= 11 is 5.87. The highest BCUT2D eigenvalue weighted by atomic mass is 35.5. The molecule has 21 heavy (non-hydrogen) atoms. The molecule has 4 heteroatoms. The number of aliphatic hydroxyl groups is 1. The van der Waals surface area contributed by atoms with Gasteiger partial charge in [0.2, 0.25) is 0 Å². The highest BCUT2D eigenvalue weighted by Gasteiger charge is 2.21. The van der Waals surface area contributed by atoms with Gasteiger partial charge in [0.15, 0.2) is 6.10 Å². The van der Waals surface area contributed by atoms with E-state index in [1.807, 2.05) is 48.5 Å². The van der Waals surface area contributed by atoms with Gasteiger partial charge in [0.1, 0.15) is 0 Å². The van der Waals surface area contributed by atoms with Crippen LogP contribution in [0.1, 0.15) is 12.5 Å². The molecule has 2 unspecified atom stereocenters. The quantitative estimate of drug-likeness (QED) is 0.887. The maximum atomic E-state index is 10.7. The first-order valence-corrected chi connectivity index (χ1v) is 7.11. The van der Waals surface area contributed by atoms with Gasteiger partial charge in [-0.1, -0.05) is 54.9 Å². The van der Waals surface area contributed by atoms with Gasteiger partial charge in [0, 0.05) is 5.02 Å². The predicted octanol–water partition coefficient (Wildman–Crippen LogP) is 3.63. The van der Waals surface area contributed by atoms with Crippen LogP contribution in [-0.4, -0.2) is 22.3 Å². The molecule has 0 radical (unpaired) electrons. The molecule has 110 valence electrons. The number of rotatable bonds is 5. The van der Waals surface area contributed by atoms with Crippen LogP contribution in [0.2, 0.25) is 5.02 Å². The van der Waals surface area contributed by atoms with Gasteiger partial charge in [0.05, 0.1) is 0 Å². The smallest absolute Gasteiger partial charge is 0.332 e. The van der Waals surface area contributed by atoms with E-state index in [2.05, 4.69) is 0 Å². The number of benzene rings is 2.